The second kappa shape index (κ2) is 4.29. The van der Waals surface area contributed by atoms with E-state index in [0.29, 0.717) is 13.0 Å². The number of piperidine rings is 1. The molecule has 3 unspecified atom stereocenters. The highest BCUT2D eigenvalue weighted by Crippen LogP contribution is 2.35. The number of hydrogen-bond acceptors (Lipinski definition) is 4. The van der Waals surface area contributed by atoms with Crippen molar-refractivity contribution in [2.24, 2.45) is 5.73 Å². The van der Waals surface area contributed by atoms with Crippen molar-refractivity contribution < 1.29 is 13.2 Å². The molecule has 1 fully saturated rings. The van der Waals surface area contributed by atoms with Crippen LogP contribution in [0.4, 0.5) is 13.2 Å². The summed E-state index contributed by atoms with van der Waals surface area (Å²) in [6, 6.07) is -0.260. The van der Waals surface area contributed by atoms with E-state index in [1.165, 1.54) is 0 Å². The Labute approximate surface area is 84.2 Å². The minimum atomic E-state index is -4.19. The average molecular weight is 232 g/mol. The number of nitrogens with one attached hydrogen (secondary N) is 1. The zero-order chi connectivity index (χ0) is 10.1. The SMILES string of the molecule is NC1CC(SC(F)(F)F)NCC1S. The van der Waals surface area contributed by atoms with Gasteiger partial charge in [0.25, 0.3) is 0 Å². The topological polar surface area (TPSA) is 38.0 Å². The lowest BCUT2D eigenvalue weighted by Crippen LogP contribution is -2.50. The molecule has 0 aliphatic carbocycles. The van der Waals surface area contributed by atoms with Crippen LogP contribution in [0.3, 0.4) is 0 Å². The molecule has 0 aromatic heterocycles. The minimum absolute atomic E-state index is 0.0416. The van der Waals surface area contributed by atoms with Crippen molar-refractivity contribution in [2.75, 3.05) is 6.54 Å². The standard InChI is InChI=1S/C6H11F3N2S2/c7-6(8,9)13-5-1-3(10)4(12)2-11-5/h3-5,11-12H,1-2,10H2. The van der Waals surface area contributed by atoms with Crippen LogP contribution >= 0.6 is 24.4 Å². The maximum Gasteiger partial charge on any atom is 0.443 e. The van der Waals surface area contributed by atoms with Gasteiger partial charge in [0.2, 0.25) is 0 Å². The third-order valence-electron chi connectivity index (χ3n) is 1.81. The summed E-state index contributed by atoms with van der Waals surface area (Å²) in [7, 11) is 0. The molecule has 1 heterocycles. The number of thiol groups is 1. The van der Waals surface area contributed by atoms with Gasteiger partial charge in [-0.2, -0.15) is 25.8 Å². The van der Waals surface area contributed by atoms with E-state index >= 15 is 0 Å². The van der Waals surface area contributed by atoms with Crippen LogP contribution in [0.15, 0.2) is 0 Å². The van der Waals surface area contributed by atoms with Gasteiger partial charge in [-0.3, -0.25) is 0 Å². The molecule has 3 atom stereocenters. The number of nitrogens with two attached hydrogens (primary N) is 1. The molecule has 1 aliphatic rings. The monoisotopic (exact) mass is 232 g/mol. The van der Waals surface area contributed by atoms with Gasteiger partial charge in [-0.05, 0) is 18.2 Å². The molecule has 0 radical (unpaired) electrons. The Morgan fingerprint density at radius 3 is 2.54 bits per heavy atom. The van der Waals surface area contributed by atoms with E-state index in [-0.39, 0.29) is 23.1 Å². The van der Waals surface area contributed by atoms with Crippen LogP contribution in [0, 0.1) is 0 Å². The van der Waals surface area contributed by atoms with Crippen LogP contribution < -0.4 is 11.1 Å². The summed E-state index contributed by atoms with van der Waals surface area (Å²) in [5, 5.41) is 2.07. The van der Waals surface area contributed by atoms with Gasteiger partial charge in [-0.15, -0.1) is 0 Å². The zero-order valence-electron chi connectivity index (χ0n) is 6.71. The minimum Gasteiger partial charge on any atom is -0.327 e. The van der Waals surface area contributed by atoms with Crippen molar-refractivity contribution in [1.82, 2.24) is 5.32 Å². The second-order valence-electron chi connectivity index (χ2n) is 2.93. The Balaban J connectivity index is 2.38. The van der Waals surface area contributed by atoms with E-state index < -0.39 is 10.9 Å². The van der Waals surface area contributed by atoms with Gasteiger partial charge in [0.15, 0.2) is 0 Å². The van der Waals surface area contributed by atoms with E-state index in [1.54, 1.807) is 0 Å². The summed E-state index contributed by atoms with van der Waals surface area (Å²) in [5.41, 5.74) is 1.40. The lowest BCUT2D eigenvalue weighted by Gasteiger charge is -2.32. The van der Waals surface area contributed by atoms with Crippen molar-refractivity contribution in [3.8, 4) is 0 Å². The molecular formula is C6H11F3N2S2. The van der Waals surface area contributed by atoms with Gasteiger partial charge >= 0.3 is 5.51 Å². The van der Waals surface area contributed by atoms with Crippen LogP contribution in [0.2, 0.25) is 0 Å². The Hall–Kier alpha value is 0.410. The Morgan fingerprint density at radius 2 is 2.08 bits per heavy atom. The normalized spacial score (nSPS) is 36.2. The first-order valence-corrected chi connectivity index (χ1v) is 5.19. The predicted molar refractivity (Wildman–Crippen MR) is 50.8 cm³/mol. The molecule has 1 rings (SSSR count). The first kappa shape index (κ1) is 11.5. The molecule has 0 amide bonds. The van der Waals surface area contributed by atoms with Gasteiger partial charge in [0.1, 0.15) is 0 Å². The molecule has 7 heteroatoms. The van der Waals surface area contributed by atoms with Gasteiger partial charge < -0.3 is 11.1 Å². The number of rotatable bonds is 1. The first-order chi connectivity index (χ1) is 5.88. The van der Waals surface area contributed by atoms with E-state index in [0.717, 1.165) is 0 Å². The molecule has 3 N–H and O–H groups in total. The molecule has 1 saturated heterocycles. The summed E-state index contributed by atoms with van der Waals surface area (Å²) < 4.78 is 35.8. The largest absolute Gasteiger partial charge is 0.443 e. The maximum atomic E-state index is 11.9. The van der Waals surface area contributed by atoms with Crippen molar-refractivity contribution in [3.63, 3.8) is 0 Å². The van der Waals surface area contributed by atoms with Crippen molar-refractivity contribution in [2.45, 2.75) is 28.6 Å². The highest BCUT2D eigenvalue weighted by Gasteiger charge is 2.36. The molecule has 0 bridgehead atoms. The molecule has 0 spiro atoms. The predicted octanol–water partition coefficient (Wildman–Crippen LogP) is 1.18. The number of thioether (sulfide) groups is 1. The van der Waals surface area contributed by atoms with Crippen molar-refractivity contribution >= 4 is 24.4 Å². The average Bonchev–Trinajstić information content (AvgIpc) is 1.94. The van der Waals surface area contributed by atoms with Crippen molar-refractivity contribution in [3.05, 3.63) is 0 Å². The third-order valence-corrected chi connectivity index (χ3v) is 3.29. The van der Waals surface area contributed by atoms with Crippen LogP contribution in [-0.4, -0.2) is 28.7 Å². The summed E-state index contributed by atoms with van der Waals surface area (Å²) in [4.78, 5) is 0. The summed E-state index contributed by atoms with van der Waals surface area (Å²) in [6.45, 7) is 0.429. The van der Waals surface area contributed by atoms with Gasteiger partial charge in [-0.1, -0.05) is 0 Å². The number of halogens is 3. The third kappa shape index (κ3) is 3.97. The molecule has 0 aromatic carbocycles. The smallest absolute Gasteiger partial charge is 0.327 e. The van der Waals surface area contributed by atoms with E-state index in [2.05, 4.69) is 17.9 Å². The second-order valence-corrected chi connectivity index (χ2v) is 4.86. The van der Waals surface area contributed by atoms with Gasteiger partial charge in [0.05, 0.1) is 5.37 Å². The van der Waals surface area contributed by atoms with Gasteiger partial charge in [0, 0.05) is 17.8 Å². The summed E-state index contributed by atoms with van der Waals surface area (Å²) >= 11 is 4.09. The van der Waals surface area contributed by atoms with Crippen LogP contribution in [-0.2, 0) is 0 Å². The maximum absolute atomic E-state index is 11.9. The lowest BCUT2D eigenvalue weighted by molar-refractivity contribution is -0.0337. The summed E-state index contributed by atoms with van der Waals surface area (Å²) in [5.74, 6) is 0. The fourth-order valence-electron chi connectivity index (χ4n) is 1.14. The Kier molecular flexibility index (Phi) is 3.79. The molecule has 78 valence electrons. The number of hydrogen-bond donors (Lipinski definition) is 3. The highest BCUT2D eigenvalue weighted by atomic mass is 32.2. The van der Waals surface area contributed by atoms with E-state index in [4.69, 9.17) is 5.73 Å². The molecular weight excluding hydrogens is 221 g/mol. The molecule has 2 nitrogen and oxygen atoms in total. The number of alkyl halides is 3. The summed E-state index contributed by atoms with van der Waals surface area (Å²) in [6.07, 6.45) is 0.304. The van der Waals surface area contributed by atoms with Crippen LogP contribution in [0.5, 0.6) is 0 Å². The quantitative estimate of drug-likeness (QED) is 0.594. The van der Waals surface area contributed by atoms with E-state index in [9.17, 15) is 13.2 Å². The fraction of sp³-hybridized carbons (Fsp3) is 1.00. The first-order valence-electron chi connectivity index (χ1n) is 3.80. The van der Waals surface area contributed by atoms with E-state index in [1.807, 2.05) is 0 Å². The molecule has 1 aliphatic heterocycles. The Morgan fingerprint density at radius 1 is 1.46 bits per heavy atom. The fourth-order valence-corrected chi connectivity index (χ4v) is 2.19. The van der Waals surface area contributed by atoms with Crippen molar-refractivity contribution in [1.29, 1.82) is 0 Å². The molecule has 0 saturated carbocycles. The Bertz CT molecular complexity index is 176. The zero-order valence-corrected chi connectivity index (χ0v) is 8.42. The molecule has 13 heavy (non-hydrogen) atoms. The van der Waals surface area contributed by atoms with Gasteiger partial charge in [-0.25, -0.2) is 0 Å². The van der Waals surface area contributed by atoms with Crippen LogP contribution in [0.1, 0.15) is 6.42 Å². The highest BCUT2D eigenvalue weighted by molar-refractivity contribution is 8.00. The lowest BCUT2D eigenvalue weighted by atomic mass is 10.1. The molecule has 0 aromatic rings. The van der Waals surface area contributed by atoms with Crippen LogP contribution in [0.25, 0.3) is 0 Å².